The molecule has 2 rings (SSSR count). The highest BCUT2D eigenvalue weighted by molar-refractivity contribution is 7.87. The quantitative estimate of drug-likeness (QED) is 0.569. The average molecular weight is 336 g/mol. The standard InChI is InChI=1S/C11H16F4O5S/c12-10(13,11(14,15)21(17,18)19)3-4-20-9-7-2-1-6(5-7)8(9)16/h6-9,16H,1-5H2,(H,17,18,19). The van der Waals surface area contributed by atoms with Gasteiger partial charge in [-0.25, -0.2) is 0 Å². The summed E-state index contributed by atoms with van der Waals surface area (Å²) in [6.45, 7) is -0.830. The van der Waals surface area contributed by atoms with Crippen molar-refractivity contribution in [2.75, 3.05) is 6.61 Å². The predicted octanol–water partition coefficient (Wildman–Crippen LogP) is 1.67. The summed E-state index contributed by atoms with van der Waals surface area (Å²) in [5.41, 5.74) is 0. The molecule has 0 spiro atoms. The molecule has 2 N–H and O–H groups in total. The first-order valence-electron chi connectivity index (χ1n) is 6.50. The van der Waals surface area contributed by atoms with Gasteiger partial charge >= 0.3 is 21.3 Å². The number of hydrogen-bond donors (Lipinski definition) is 2. The lowest BCUT2D eigenvalue weighted by molar-refractivity contribution is -0.177. The van der Waals surface area contributed by atoms with Crippen molar-refractivity contribution in [3.8, 4) is 0 Å². The highest BCUT2D eigenvalue weighted by Gasteiger charge is 2.65. The zero-order chi connectivity index (χ0) is 16.1. The summed E-state index contributed by atoms with van der Waals surface area (Å²) in [6.07, 6.45) is -0.741. The van der Waals surface area contributed by atoms with Crippen LogP contribution in [0.25, 0.3) is 0 Å². The molecule has 2 fully saturated rings. The number of alkyl halides is 4. The number of aliphatic hydroxyl groups is 1. The Morgan fingerprint density at radius 1 is 1.14 bits per heavy atom. The molecule has 4 atom stereocenters. The molecular formula is C11H16F4O5S. The van der Waals surface area contributed by atoms with Crippen molar-refractivity contribution in [2.24, 2.45) is 11.8 Å². The molecule has 0 aromatic carbocycles. The Kier molecular flexibility index (Phi) is 4.29. The molecule has 2 aliphatic rings. The minimum absolute atomic E-state index is 0.0145. The lowest BCUT2D eigenvalue weighted by atomic mass is 9.95. The molecule has 124 valence electrons. The van der Waals surface area contributed by atoms with E-state index in [1.54, 1.807) is 0 Å². The molecule has 0 aromatic heterocycles. The summed E-state index contributed by atoms with van der Waals surface area (Å²) in [6, 6.07) is 0. The van der Waals surface area contributed by atoms with Crippen LogP contribution in [-0.4, -0.2) is 48.1 Å². The normalized spacial score (nSPS) is 33.6. The smallest absolute Gasteiger partial charge is 0.390 e. The largest absolute Gasteiger partial charge is 0.431 e. The second kappa shape index (κ2) is 5.32. The Balaban J connectivity index is 1.91. The van der Waals surface area contributed by atoms with Crippen LogP contribution >= 0.6 is 0 Å². The summed E-state index contributed by atoms with van der Waals surface area (Å²) in [5, 5.41) is 4.23. The number of ether oxygens (including phenoxy) is 1. The van der Waals surface area contributed by atoms with Crippen molar-refractivity contribution < 1.29 is 40.4 Å². The third-order valence-corrected chi connectivity index (χ3v) is 5.22. The maximum atomic E-state index is 13.2. The maximum absolute atomic E-state index is 13.2. The molecule has 2 saturated carbocycles. The zero-order valence-corrected chi connectivity index (χ0v) is 11.7. The van der Waals surface area contributed by atoms with E-state index in [0.717, 1.165) is 12.8 Å². The SMILES string of the molecule is O=S(=O)(O)C(F)(F)C(F)(F)CCOC1C2CCC(C2)C1O. The fourth-order valence-corrected chi connectivity index (χ4v) is 3.58. The van der Waals surface area contributed by atoms with Gasteiger partial charge in [0.05, 0.1) is 18.8 Å². The third kappa shape index (κ3) is 2.90. The molecule has 10 heteroatoms. The van der Waals surface area contributed by atoms with E-state index >= 15 is 0 Å². The first-order valence-corrected chi connectivity index (χ1v) is 7.94. The van der Waals surface area contributed by atoms with Gasteiger partial charge in [-0.3, -0.25) is 4.55 Å². The first kappa shape index (κ1) is 16.9. The fraction of sp³-hybridized carbons (Fsp3) is 1.00. The van der Waals surface area contributed by atoms with Crippen LogP contribution in [0.4, 0.5) is 17.6 Å². The highest BCUT2D eigenvalue weighted by Crippen LogP contribution is 2.46. The van der Waals surface area contributed by atoms with Crippen molar-refractivity contribution in [1.82, 2.24) is 0 Å². The maximum Gasteiger partial charge on any atom is 0.431 e. The van der Waals surface area contributed by atoms with E-state index in [4.69, 9.17) is 9.29 Å². The Hall–Kier alpha value is -0.450. The summed E-state index contributed by atoms with van der Waals surface area (Å²) >= 11 is 0. The third-order valence-electron chi connectivity index (χ3n) is 4.27. The van der Waals surface area contributed by atoms with Crippen molar-refractivity contribution in [3.05, 3.63) is 0 Å². The monoisotopic (exact) mass is 336 g/mol. The molecule has 0 heterocycles. The van der Waals surface area contributed by atoms with E-state index in [1.807, 2.05) is 0 Å². The number of hydrogen-bond acceptors (Lipinski definition) is 4. The fourth-order valence-electron chi connectivity index (χ4n) is 3.10. The Bertz CT molecular complexity index is 493. The van der Waals surface area contributed by atoms with E-state index < -0.39 is 46.5 Å². The second-order valence-corrected chi connectivity index (χ2v) is 7.07. The Labute approximate surface area is 119 Å². The number of halogens is 4. The van der Waals surface area contributed by atoms with Gasteiger partial charge in [-0.2, -0.15) is 26.0 Å². The summed E-state index contributed by atoms with van der Waals surface area (Å²) in [5.74, 6) is -4.90. The van der Waals surface area contributed by atoms with Crippen LogP contribution < -0.4 is 0 Å². The van der Waals surface area contributed by atoms with E-state index in [1.165, 1.54) is 0 Å². The van der Waals surface area contributed by atoms with Crippen molar-refractivity contribution in [3.63, 3.8) is 0 Å². The van der Waals surface area contributed by atoms with Gasteiger partial charge in [0.2, 0.25) is 0 Å². The van der Waals surface area contributed by atoms with E-state index in [2.05, 4.69) is 0 Å². The first-order chi connectivity index (χ1) is 9.47. The Morgan fingerprint density at radius 2 is 1.71 bits per heavy atom. The minimum atomic E-state index is -6.22. The molecule has 0 radical (unpaired) electrons. The van der Waals surface area contributed by atoms with Crippen LogP contribution in [0.3, 0.4) is 0 Å². The number of aliphatic hydroxyl groups excluding tert-OH is 1. The van der Waals surface area contributed by atoms with Gasteiger partial charge in [0.1, 0.15) is 0 Å². The molecule has 2 aliphatic carbocycles. The van der Waals surface area contributed by atoms with Crippen molar-refractivity contribution in [1.29, 1.82) is 0 Å². The molecule has 0 amide bonds. The van der Waals surface area contributed by atoms with Crippen LogP contribution in [0, 0.1) is 11.8 Å². The molecule has 0 aliphatic heterocycles. The average Bonchev–Trinajstić information content (AvgIpc) is 2.90. The topological polar surface area (TPSA) is 83.8 Å². The molecule has 0 saturated heterocycles. The van der Waals surface area contributed by atoms with Crippen LogP contribution in [0.1, 0.15) is 25.7 Å². The van der Waals surface area contributed by atoms with Gasteiger partial charge in [0.25, 0.3) is 0 Å². The Morgan fingerprint density at radius 3 is 2.19 bits per heavy atom. The van der Waals surface area contributed by atoms with Crippen molar-refractivity contribution in [2.45, 2.75) is 49.1 Å². The lowest BCUT2D eigenvalue weighted by Gasteiger charge is -2.29. The van der Waals surface area contributed by atoms with Gasteiger partial charge in [0.15, 0.2) is 0 Å². The molecule has 4 unspecified atom stereocenters. The van der Waals surface area contributed by atoms with Gasteiger partial charge in [0, 0.05) is 6.42 Å². The van der Waals surface area contributed by atoms with Gasteiger partial charge in [-0.1, -0.05) is 0 Å². The van der Waals surface area contributed by atoms with Crippen LogP contribution in [0.15, 0.2) is 0 Å². The van der Waals surface area contributed by atoms with Crippen LogP contribution in [-0.2, 0) is 14.9 Å². The van der Waals surface area contributed by atoms with E-state index in [0.29, 0.717) is 6.42 Å². The molecular weight excluding hydrogens is 320 g/mol. The molecule has 2 bridgehead atoms. The predicted molar refractivity (Wildman–Crippen MR) is 62.6 cm³/mol. The molecule has 21 heavy (non-hydrogen) atoms. The van der Waals surface area contributed by atoms with E-state index in [-0.39, 0.29) is 11.8 Å². The second-order valence-electron chi connectivity index (χ2n) is 5.61. The van der Waals surface area contributed by atoms with Crippen LogP contribution in [0.2, 0.25) is 0 Å². The zero-order valence-electron chi connectivity index (χ0n) is 10.9. The summed E-state index contributed by atoms with van der Waals surface area (Å²) in [4.78, 5) is 0. The van der Waals surface area contributed by atoms with Gasteiger partial charge in [-0.15, -0.1) is 0 Å². The van der Waals surface area contributed by atoms with E-state index in [9.17, 15) is 31.1 Å². The summed E-state index contributed by atoms with van der Waals surface area (Å²) in [7, 11) is -6.22. The number of fused-ring (bicyclic) bond motifs is 2. The number of rotatable bonds is 6. The highest BCUT2D eigenvalue weighted by atomic mass is 32.2. The summed E-state index contributed by atoms with van der Waals surface area (Å²) < 4.78 is 86.2. The van der Waals surface area contributed by atoms with Gasteiger partial charge < -0.3 is 9.84 Å². The van der Waals surface area contributed by atoms with Gasteiger partial charge in [-0.05, 0) is 31.1 Å². The molecule has 0 aromatic rings. The minimum Gasteiger partial charge on any atom is -0.390 e. The molecule has 5 nitrogen and oxygen atoms in total. The van der Waals surface area contributed by atoms with Crippen LogP contribution in [0.5, 0.6) is 0 Å². The van der Waals surface area contributed by atoms with Crippen molar-refractivity contribution >= 4 is 10.1 Å². The lowest BCUT2D eigenvalue weighted by Crippen LogP contribution is -2.47.